The molecule has 0 saturated heterocycles. The van der Waals surface area contributed by atoms with Gasteiger partial charge in [0, 0.05) is 53.1 Å². The number of fused-ring (bicyclic) bond motifs is 9. The third-order valence-corrected chi connectivity index (χ3v) is 10.4. The smallest absolute Gasteiger partial charge is 0.0547 e. The SMILES string of the molecule is c1ccc(-n2c3ccccc3c3ccc(-c4ccc5c(c4)c4ccccc4n5-c4ccc5c(c4)sc4ccccc45)cc32)cc1. The van der Waals surface area contributed by atoms with Gasteiger partial charge < -0.3 is 9.13 Å². The summed E-state index contributed by atoms with van der Waals surface area (Å²) in [6.07, 6.45) is 0. The van der Waals surface area contributed by atoms with Gasteiger partial charge in [-0.1, -0.05) is 97.1 Å². The second kappa shape index (κ2) is 9.43. The Kier molecular flexibility index (Phi) is 5.19. The molecule has 0 spiro atoms. The molecule has 0 saturated carbocycles. The Hall–Kier alpha value is -5.64. The van der Waals surface area contributed by atoms with Gasteiger partial charge in [-0.15, -0.1) is 11.3 Å². The Morgan fingerprint density at radius 1 is 0.311 bits per heavy atom. The first-order chi connectivity index (χ1) is 22.3. The number of hydrogen-bond donors (Lipinski definition) is 0. The predicted octanol–water partition coefficient (Wildman–Crippen LogP) is 11.9. The zero-order valence-corrected chi connectivity index (χ0v) is 25.1. The molecule has 0 aliphatic rings. The largest absolute Gasteiger partial charge is 0.309 e. The summed E-state index contributed by atoms with van der Waals surface area (Å²) in [6, 6.07) is 57.7. The molecule has 0 fully saturated rings. The van der Waals surface area contributed by atoms with Crippen molar-refractivity contribution in [2.24, 2.45) is 0 Å². The molecule has 0 aliphatic heterocycles. The van der Waals surface area contributed by atoms with Gasteiger partial charge in [0.05, 0.1) is 22.1 Å². The van der Waals surface area contributed by atoms with Crippen LogP contribution in [0.2, 0.25) is 0 Å². The van der Waals surface area contributed by atoms with Crippen molar-refractivity contribution < 1.29 is 0 Å². The van der Waals surface area contributed by atoms with Crippen molar-refractivity contribution in [3.8, 4) is 22.5 Å². The van der Waals surface area contributed by atoms with Crippen LogP contribution in [0.1, 0.15) is 0 Å². The van der Waals surface area contributed by atoms with Crippen LogP contribution in [0.3, 0.4) is 0 Å². The van der Waals surface area contributed by atoms with Crippen molar-refractivity contribution in [1.29, 1.82) is 0 Å². The minimum atomic E-state index is 1.18. The molecule has 0 unspecified atom stereocenters. The van der Waals surface area contributed by atoms with Gasteiger partial charge in [-0.25, -0.2) is 0 Å². The van der Waals surface area contributed by atoms with E-state index < -0.39 is 0 Å². The molecule has 45 heavy (non-hydrogen) atoms. The van der Waals surface area contributed by atoms with Crippen LogP contribution in [-0.2, 0) is 0 Å². The van der Waals surface area contributed by atoms with Crippen LogP contribution < -0.4 is 0 Å². The molecular weight excluding hydrogens is 565 g/mol. The van der Waals surface area contributed by atoms with Gasteiger partial charge in [0.2, 0.25) is 0 Å². The van der Waals surface area contributed by atoms with Crippen LogP contribution in [0.4, 0.5) is 0 Å². The highest BCUT2D eigenvalue weighted by Crippen LogP contribution is 2.40. The van der Waals surface area contributed by atoms with E-state index in [2.05, 4.69) is 167 Å². The number of nitrogens with zero attached hydrogens (tertiary/aromatic N) is 2. The monoisotopic (exact) mass is 590 g/mol. The molecule has 0 radical (unpaired) electrons. The summed E-state index contributed by atoms with van der Waals surface area (Å²) >= 11 is 1.87. The van der Waals surface area contributed by atoms with Crippen LogP contribution in [0.25, 0.3) is 86.3 Å². The van der Waals surface area contributed by atoms with E-state index in [4.69, 9.17) is 0 Å². The first kappa shape index (κ1) is 24.8. The fraction of sp³-hybridized carbons (Fsp3) is 0. The standard InChI is InChI=1S/C42H26N2S/c1-2-10-29(11-3-1)43-37-15-7-4-12-31(37)33-21-18-28(25-40(33)43)27-19-23-39-36(24-27)32-13-5-8-16-38(32)44(39)30-20-22-35-34-14-6-9-17-41(34)45-42(35)26-30/h1-26H. The fourth-order valence-electron chi connectivity index (χ4n) is 7.29. The molecule has 3 heterocycles. The van der Waals surface area contributed by atoms with Gasteiger partial charge in [-0.2, -0.15) is 0 Å². The fourth-order valence-corrected chi connectivity index (χ4v) is 8.43. The lowest BCUT2D eigenvalue weighted by atomic mass is 10.0. The van der Waals surface area contributed by atoms with E-state index >= 15 is 0 Å². The number of hydrogen-bond acceptors (Lipinski definition) is 1. The van der Waals surface area contributed by atoms with Crippen molar-refractivity contribution in [3.05, 3.63) is 158 Å². The summed E-state index contributed by atoms with van der Waals surface area (Å²) in [6.45, 7) is 0. The maximum Gasteiger partial charge on any atom is 0.0547 e. The highest BCUT2D eigenvalue weighted by atomic mass is 32.1. The molecule has 10 aromatic rings. The van der Waals surface area contributed by atoms with Gasteiger partial charge >= 0.3 is 0 Å². The quantitative estimate of drug-likeness (QED) is 0.194. The molecule has 3 aromatic heterocycles. The summed E-state index contributed by atoms with van der Waals surface area (Å²) in [5.41, 5.74) is 9.70. The molecule has 210 valence electrons. The van der Waals surface area contributed by atoms with E-state index in [-0.39, 0.29) is 0 Å². The van der Waals surface area contributed by atoms with E-state index in [9.17, 15) is 0 Å². The Morgan fingerprint density at radius 3 is 1.69 bits per heavy atom. The summed E-state index contributed by atoms with van der Waals surface area (Å²) in [5.74, 6) is 0. The lowest BCUT2D eigenvalue weighted by Gasteiger charge is -2.10. The molecule has 10 rings (SSSR count). The van der Waals surface area contributed by atoms with Gasteiger partial charge in [-0.3, -0.25) is 0 Å². The maximum absolute atomic E-state index is 2.43. The minimum Gasteiger partial charge on any atom is -0.309 e. The molecule has 0 atom stereocenters. The van der Waals surface area contributed by atoms with E-state index in [1.54, 1.807) is 0 Å². The van der Waals surface area contributed by atoms with E-state index in [1.165, 1.54) is 86.3 Å². The predicted molar refractivity (Wildman–Crippen MR) is 193 cm³/mol. The molecule has 0 N–H and O–H groups in total. The lowest BCUT2D eigenvalue weighted by molar-refractivity contribution is 1.18. The molecule has 3 heteroatoms. The summed E-state index contributed by atoms with van der Waals surface area (Å²) in [4.78, 5) is 0. The Bertz CT molecular complexity index is 2760. The Labute approximate surface area is 263 Å². The van der Waals surface area contributed by atoms with Crippen molar-refractivity contribution in [1.82, 2.24) is 9.13 Å². The van der Waals surface area contributed by atoms with E-state index in [1.807, 2.05) is 11.3 Å². The summed E-state index contributed by atoms with van der Waals surface area (Å²) < 4.78 is 7.47. The highest BCUT2D eigenvalue weighted by Gasteiger charge is 2.16. The number of rotatable bonds is 3. The first-order valence-electron chi connectivity index (χ1n) is 15.4. The average Bonchev–Trinajstić information content (AvgIpc) is 3.75. The number of thiophene rings is 1. The molecule has 7 aromatic carbocycles. The second-order valence-corrected chi connectivity index (χ2v) is 12.9. The van der Waals surface area contributed by atoms with E-state index in [0.717, 1.165) is 0 Å². The van der Waals surface area contributed by atoms with Crippen molar-refractivity contribution in [3.63, 3.8) is 0 Å². The van der Waals surface area contributed by atoms with Crippen LogP contribution in [-0.4, -0.2) is 9.13 Å². The molecule has 0 bridgehead atoms. The minimum absolute atomic E-state index is 1.18. The maximum atomic E-state index is 2.43. The van der Waals surface area contributed by atoms with Gasteiger partial charge in [0.1, 0.15) is 0 Å². The van der Waals surface area contributed by atoms with Crippen molar-refractivity contribution in [2.45, 2.75) is 0 Å². The van der Waals surface area contributed by atoms with Crippen LogP contribution >= 0.6 is 11.3 Å². The van der Waals surface area contributed by atoms with Crippen LogP contribution in [0, 0.1) is 0 Å². The normalized spacial score (nSPS) is 12.0. The zero-order valence-electron chi connectivity index (χ0n) is 24.3. The molecule has 0 amide bonds. The third-order valence-electron chi connectivity index (χ3n) is 9.31. The third kappa shape index (κ3) is 3.62. The molecule has 0 aliphatic carbocycles. The molecule has 2 nitrogen and oxygen atoms in total. The summed E-state index contributed by atoms with van der Waals surface area (Å²) in [5, 5.41) is 7.74. The van der Waals surface area contributed by atoms with Crippen molar-refractivity contribution in [2.75, 3.05) is 0 Å². The Balaban J connectivity index is 1.18. The number of benzene rings is 7. The van der Waals surface area contributed by atoms with Gasteiger partial charge in [0.25, 0.3) is 0 Å². The van der Waals surface area contributed by atoms with Gasteiger partial charge in [-0.05, 0) is 71.8 Å². The average molecular weight is 591 g/mol. The van der Waals surface area contributed by atoms with E-state index in [0.29, 0.717) is 0 Å². The highest BCUT2D eigenvalue weighted by molar-refractivity contribution is 7.25. The second-order valence-electron chi connectivity index (χ2n) is 11.8. The molecular formula is C42H26N2S. The first-order valence-corrected chi connectivity index (χ1v) is 16.2. The number of aromatic nitrogens is 2. The lowest BCUT2D eigenvalue weighted by Crippen LogP contribution is -1.93. The Morgan fingerprint density at radius 2 is 0.867 bits per heavy atom. The topological polar surface area (TPSA) is 9.86 Å². The number of para-hydroxylation sites is 3. The van der Waals surface area contributed by atoms with Crippen LogP contribution in [0.5, 0.6) is 0 Å². The van der Waals surface area contributed by atoms with Crippen molar-refractivity contribution >= 4 is 75.1 Å². The van der Waals surface area contributed by atoms with Crippen LogP contribution in [0.15, 0.2) is 158 Å². The van der Waals surface area contributed by atoms with Gasteiger partial charge in [0.15, 0.2) is 0 Å². The zero-order chi connectivity index (χ0) is 29.5. The summed E-state index contributed by atoms with van der Waals surface area (Å²) in [7, 11) is 0.